The molecule has 0 spiro atoms. The van der Waals surface area contributed by atoms with Crippen LogP contribution in [0.25, 0.3) is 0 Å². The van der Waals surface area contributed by atoms with E-state index in [1.165, 1.54) is 30.3 Å². The van der Waals surface area contributed by atoms with Gasteiger partial charge >= 0.3 is 0 Å². The lowest BCUT2D eigenvalue weighted by Crippen LogP contribution is -2.39. The third-order valence-electron chi connectivity index (χ3n) is 3.80. The zero-order chi connectivity index (χ0) is 18.6. The first-order valence-electron chi connectivity index (χ1n) is 7.47. The molecule has 2 aromatic carbocycles. The van der Waals surface area contributed by atoms with Gasteiger partial charge in [-0.1, -0.05) is 23.7 Å². The van der Waals surface area contributed by atoms with Crippen LogP contribution >= 0.6 is 11.6 Å². The molecule has 0 saturated heterocycles. The number of likely N-dealkylation sites (N-methyl/N-ethyl adjacent to an activating group) is 1. The lowest BCUT2D eigenvalue weighted by Gasteiger charge is -2.24. The Balaban J connectivity index is 2.05. The van der Waals surface area contributed by atoms with Crippen LogP contribution in [0.2, 0.25) is 5.02 Å². The lowest BCUT2D eigenvalue weighted by molar-refractivity contribution is -0.384. The second kappa shape index (κ2) is 8.04. The third kappa shape index (κ3) is 4.98. The van der Waals surface area contributed by atoms with Gasteiger partial charge in [-0.2, -0.15) is 0 Å². The van der Waals surface area contributed by atoms with Crippen LogP contribution in [0.1, 0.15) is 12.5 Å². The van der Waals surface area contributed by atoms with E-state index in [1.807, 2.05) is 0 Å². The SMILES string of the molecule is CC(C(=O)Nc1cc([N+](=O)[O-])ccc1Cl)N(C)Cc1ccc(F)cc1. The van der Waals surface area contributed by atoms with Gasteiger partial charge in [-0.15, -0.1) is 0 Å². The van der Waals surface area contributed by atoms with Crippen molar-refractivity contribution >= 4 is 28.9 Å². The Morgan fingerprint density at radius 3 is 2.56 bits per heavy atom. The fourth-order valence-electron chi connectivity index (χ4n) is 2.17. The number of hydrogen-bond donors (Lipinski definition) is 1. The van der Waals surface area contributed by atoms with Crippen LogP contribution in [-0.4, -0.2) is 28.8 Å². The maximum absolute atomic E-state index is 12.9. The molecule has 132 valence electrons. The molecule has 2 aromatic rings. The van der Waals surface area contributed by atoms with Crippen molar-refractivity contribution in [3.63, 3.8) is 0 Å². The normalized spacial score (nSPS) is 12.0. The number of hydrogen-bond acceptors (Lipinski definition) is 4. The number of halogens is 2. The number of nitro benzene ring substituents is 1. The fraction of sp³-hybridized carbons (Fsp3) is 0.235. The minimum atomic E-state index is -0.559. The Kier molecular flexibility index (Phi) is 6.06. The van der Waals surface area contributed by atoms with E-state index < -0.39 is 11.0 Å². The van der Waals surface area contributed by atoms with Gasteiger partial charge in [-0.05, 0) is 37.7 Å². The number of nitrogens with zero attached hydrogens (tertiary/aromatic N) is 2. The van der Waals surface area contributed by atoms with Crippen molar-refractivity contribution in [3.8, 4) is 0 Å². The predicted octanol–water partition coefficient (Wildman–Crippen LogP) is 3.85. The molecule has 1 unspecified atom stereocenters. The standard InChI is InChI=1S/C17H17ClFN3O3/c1-11(21(2)10-12-3-5-13(19)6-4-12)17(23)20-16-9-14(22(24)25)7-8-15(16)18/h3-9,11H,10H2,1-2H3,(H,20,23). The molecule has 0 aliphatic carbocycles. The minimum Gasteiger partial charge on any atom is -0.323 e. The van der Waals surface area contributed by atoms with E-state index in [4.69, 9.17) is 11.6 Å². The maximum Gasteiger partial charge on any atom is 0.271 e. The van der Waals surface area contributed by atoms with Crippen LogP contribution in [0.4, 0.5) is 15.8 Å². The monoisotopic (exact) mass is 365 g/mol. The molecule has 0 saturated carbocycles. The topological polar surface area (TPSA) is 75.5 Å². The van der Waals surface area contributed by atoms with E-state index in [0.29, 0.717) is 6.54 Å². The predicted molar refractivity (Wildman–Crippen MR) is 94.1 cm³/mol. The zero-order valence-corrected chi connectivity index (χ0v) is 14.5. The highest BCUT2D eigenvalue weighted by Crippen LogP contribution is 2.27. The number of carbonyl (C=O) groups is 1. The third-order valence-corrected chi connectivity index (χ3v) is 4.13. The number of carbonyl (C=O) groups excluding carboxylic acids is 1. The van der Waals surface area contributed by atoms with E-state index in [0.717, 1.165) is 5.56 Å². The fourth-order valence-corrected chi connectivity index (χ4v) is 2.34. The molecule has 0 aliphatic rings. The number of amides is 1. The van der Waals surface area contributed by atoms with E-state index in [1.54, 1.807) is 31.0 Å². The molecule has 0 aromatic heterocycles. The Hall–Kier alpha value is -2.51. The summed E-state index contributed by atoms with van der Waals surface area (Å²) in [5.41, 5.74) is 0.881. The molecule has 0 fully saturated rings. The van der Waals surface area contributed by atoms with Crippen LogP contribution in [0.5, 0.6) is 0 Å². The molecule has 25 heavy (non-hydrogen) atoms. The van der Waals surface area contributed by atoms with Crippen molar-refractivity contribution < 1.29 is 14.1 Å². The molecule has 8 heteroatoms. The van der Waals surface area contributed by atoms with Gasteiger partial charge in [0.05, 0.1) is 21.7 Å². The number of non-ortho nitro benzene ring substituents is 1. The zero-order valence-electron chi connectivity index (χ0n) is 13.7. The molecule has 0 heterocycles. The average Bonchev–Trinajstić information content (AvgIpc) is 2.57. The Morgan fingerprint density at radius 1 is 1.32 bits per heavy atom. The Bertz CT molecular complexity index is 783. The molecular weight excluding hydrogens is 349 g/mol. The summed E-state index contributed by atoms with van der Waals surface area (Å²) in [6.07, 6.45) is 0. The molecule has 0 bridgehead atoms. The summed E-state index contributed by atoms with van der Waals surface area (Å²) in [4.78, 5) is 24.4. The summed E-state index contributed by atoms with van der Waals surface area (Å²) in [5, 5.41) is 13.7. The summed E-state index contributed by atoms with van der Waals surface area (Å²) in [6.45, 7) is 2.14. The molecule has 1 atom stereocenters. The van der Waals surface area contributed by atoms with Crippen molar-refractivity contribution in [2.45, 2.75) is 19.5 Å². The largest absolute Gasteiger partial charge is 0.323 e. The van der Waals surface area contributed by atoms with Gasteiger partial charge in [0, 0.05) is 18.7 Å². The summed E-state index contributed by atoms with van der Waals surface area (Å²) in [7, 11) is 1.75. The molecular formula is C17H17ClFN3O3. The quantitative estimate of drug-likeness (QED) is 0.623. The minimum absolute atomic E-state index is 0.160. The molecule has 2 rings (SSSR count). The van der Waals surface area contributed by atoms with E-state index in [-0.39, 0.29) is 28.1 Å². The van der Waals surface area contributed by atoms with Crippen molar-refractivity contribution in [1.82, 2.24) is 4.90 Å². The van der Waals surface area contributed by atoms with Gasteiger partial charge in [0.15, 0.2) is 0 Å². The first-order chi connectivity index (χ1) is 11.8. The van der Waals surface area contributed by atoms with Crippen LogP contribution in [0, 0.1) is 15.9 Å². The Labute approximate surface area is 149 Å². The maximum atomic E-state index is 12.9. The van der Waals surface area contributed by atoms with Crippen LogP contribution in [0.15, 0.2) is 42.5 Å². The van der Waals surface area contributed by atoms with Crippen molar-refractivity contribution in [1.29, 1.82) is 0 Å². The summed E-state index contributed by atoms with van der Waals surface area (Å²) in [5.74, 6) is -0.676. The first kappa shape index (κ1) is 18.8. The lowest BCUT2D eigenvalue weighted by atomic mass is 10.2. The van der Waals surface area contributed by atoms with E-state index in [9.17, 15) is 19.3 Å². The highest BCUT2D eigenvalue weighted by molar-refractivity contribution is 6.33. The van der Waals surface area contributed by atoms with Crippen molar-refractivity contribution in [2.75, 3.05) is 12.4 Å². The number of nitrogens with one attached hydrogen (secondary N) is 1. The van der Waals surface area contributed by atoms with Crippen LogP contribution in [-0.2, 0) is 11.3 Å². The molecule has 6 nitrogen and oxygen atoms in total. The number of anilines is 1. The van der Waals surface area contributed by atoms with Gasteiger partial charge in [0.1, 0.15) is 5.82 Å². The van der Waals surface area contributed by atoms with Gasteiger partial charge in [-0.25, -0.2) is 4.39 Å². The summed E-state index contributed by atoms with van der Waals surface area (Å²) in [6, 6.07) is 9.33. The van der Waals surface area contributed by atoms with Crippen LogP contribution < -0.4 is 5.32 Å². The molecule has 1 amide bonds. The number of benzene rings is 2. The molecule has 0 radical (unpaired) electrons. The summed E-state index contributed by atoms with van der Waals surface area (Å²) >= 11 is 5.99. The van der Waals surface area contributed by atoms with Gasteiger partial charge in [0.25, 0.3) is 5.69 Å². The Morgan fingerprint density at radius 2 is 1.96 bits per heavy atom. The highest BCUT2D eigenvalue weighted by Gasteiger charge is 2.20. The first-order valence-corrected chi connectivity index (χ1v) is 7.85. The van der Waals surface area contributed by atoms with Gasteiger partial charge < -0.3 is 5.32 Å². The van der Waals surface area contributed by atoms with Gasteiger partial charge in [-0.3, -0.25) is 19.8 Å². The second-order valence-electron chi connectivity index (χ2n) is 5.63. The molecule has 1 N–H and O–H groups in total. The highest BCUT2D eigenvalue weighted by atomic mass is 35.5. The number of nitro groups is 1. The van der Waals surface area contributed by atoms with Crippen LogP contribution in [0.3, 0.4) is 0 Å². The molecule has 0 aliphatic heterocycles. The van der Waals surface area contributed by atoms with E-state index >= 15 is 0 Å². The van der Waals surface area contributed by atoms with Crippen molar-refractivity contribution in [3.05, 3.63) is 69.0 Å². The van der Waals surface area contributed by atoms with E-state index in [2.05, 4.69) is 5.32 Å². The van der Waals surface area contributed by atoms with Gasteiger partial charge in [0.2, 0.25) is 5.91 Å². The smallest absolute Gasteiger partial charge is 0.271 e. The summed E-state index contributed by atoms with van der Waals surface area (Å²) < 4.78 is 12.9. The number of rotatable bonds is 6. The van der Waals surface area contributed by atoms with Crippen molar-refractivity contribution in [2.24, 2.45) is 0 Å². The average molecular weight is 366 g/mol. The second-order valence-corrected chi connectivity index (χ2v) is 6.04.